The Morgan fingerprint density at radius 2 is 1.72 bits per heavy atom. The normalized spacial score (nSPS) is 12.3. The minimum absolute atomic E-state index is 0.0185. The van der Waals surface area contributed by atoms with Crippen molar-refractivity contribution >= 4 is 11.6 Å². The summed E-state index contributed by atoms with van der Waals surface area (Å²) in [5.41, 5.74) is 1.97. The molecule has 0 radical (unpaired) electrons. The lowest BCUT2D eigenvalue weighted by molar-refractivity contribution is -0.119. The van der Waals surface area contributed by atoms with Crippen LogP contribution in [0.1, 0.15) is 39.2 Å². The van der Waals surface area contributed by atoms with E-state index in [0.717, 1.165) is 5.69 Å². The van der Waals surface area contributed by atoms with Crippen LogP contribution in [0.2, 0.25) is 0 Å². The number of rotatable bonds is 4. The summed E-state index contributed by atoms with van der Waals surface area (Å²) in [4.78, 5) is 11.9. The second-order valence-electron chi connectivity index (χ2n) is 5.12. The number of anilines is 1. The van der Waals surface area contributed by atoms with Gasteiger partial charge in [-0.1, -0.05) is 39.8 Å². The van der Waals surface area contributed by atoms with E-state index in [0.29, 0.717) is 5.92 Å². The third-order valence-corrected chi connectivity index (χ3v) is 2.93. The molecule has 1 aromatic carbocycles. The molecular weight excluding hydrogens is 224 g/mol. The maximum Gasteiger partial charge on any atom is 0.241 e. The largest absolute Gasteiger partial charge is 0.325 e. The lowest BCUT2D eigenvalue weighted by atomic mass is 9.96. The molecule has 1 N–H and O–H groups in total. The smallest absolute Gasteiger partial charge is 0.241 e. The van der Waals surface area contributed by atoms with Crippen molar-refractivity contribution in [2.75, 3.05) is 5.32 Å². The molecule has 1 aromatic rings. The molecule has 0 saturated heterocycles. The van der Waals surface area contributed by atoms with Crippen LogP contribution in [0.25, 0.3) is 0 Å². The van der Waals surface area contributed by atoms with Gasteiger partial charge in [-0.05, 0) is 29.5 Å². The number of hydrogen-bond donors (Lipinski definition) is 1. The van der Waals surface area contributed by atoms with Crippen LogP contribution in [0.15, 0.2) is 24.3 Å². The number of carbonyl (C=O) groups excluding carboxylic acids is 1. The van der Waals surface area contributed by atoms with E-state index in [-0.39, 0.29) is 11.8 Å². The second kappa shape index (κ2) is 6.20. The molecule has 0 bridgehead atoms. The van der Waals surface area contributed by atoms with Crippen molar-refractivity contribution in [1.29, 1.82) is 5.26 Å². The Morgan fingerprint density at radius 1 is 1.17 bits per heavy atom. The molecule has 0 heterocycles. The number of nitrogens with zero attached hydrogens (tertiary/aromatic N) is 1. The van der Waals surface area contributed by atoms with Crippen LogP contribution in [0, 0.1) is 23.2 Å². The van der Waals surface area contributed by atoms with Crippen molar-refractivity contribution < 1.29 is 4.79 Å². The Morgan fingerprint density at radius 3 is 2.11 bits per heavy atom. The molecule has 0 fully saturated rings. The molecule has 1 amide bonds. The van der Waals surface area contributed by atoms with Gasteiger partial charge in [0.05, 0.1) is 6.07 Å². The molecule has 18 heavy (non-hydrogen) atoms. The SMILES string of the molecule is CC(C)c1ccc(NC(=O)C(C#N)C(C)C)cc1. The fourth-order valence-electron chi connectivity index (χ4n) is 1.68. The quantitative estimate of drug-likeness (QED) is 0.880. The predicted molar refractivity (Wildman–Crippen MR) is 73.1 cm³/mol. The van der Waals surface area contributed by atoms with Crippen LogP contribution < -0.4 is 5.32 Å². The lowest BCUT2D eigenvalue weighted by Gasteiger charge is -2.13. The number of nitriles is 1. The minimum atomic E-state index is -0.602. The average Bonchev–Trinajstić information content (AvgIpc) is 2.29. The van der Waals surface area contributed by atoms with Crippen LogP contribution >= 0.6 is 0 Å². The van der Waals surface area contributed by atoms with E-state index in [2.05, 4.69) is 19.2 Å². The topological polar surface area (TPSA) is 52.9 Å². The summed E-state index contributed by atoms with van der Waals surface area (Å²) in [6.07, 6.45) is 0. The fraction of sp³-hybridized carbons (Fsp3) is 0.467. The van der Waals surface area contributed by atoms with Gasteiger partial charge < -0.3 is 5.32 Å². The molecule has 0 saturated carbocycles. The molecule has 1 rings (SSSR count). The summed E-state index contributed by atoms with van der Waals surface area (Å²) in [6.45, 7) is 7.99. The molecule has 3 heteroatoms. The molecule has 0 spiro atoms. The molecule has 0 aliphatic rings. The molecular formula is C15H20N2O. The summed E-state index contributed by atoms with van der Waals surface area (Å²) in [5, 5.41) is 11.7. The van der Waals surface area contributed by atoms with E-state index in [1.807, 2.05) is 44.2 Å². The van der Waals surface area contributed by atoms with Gasteiger partial charge in [-0.15, -0.1) is 0 Å². The number of carbonyl (C=O) groups is 1. The van der Waals surface area contributed by atoms with Crippen LogP contribution in [0.3, 0.4) is 0 Å². The highest BCUT2D eigenvalue weighted by molar-refractivity contribution is 5.94. The van der Waals surface area contributed by atoms with E-state index in [1.165, 1.54) is 5.56 Å². The van der Waals surface area contributed by atoms with Crippen molar-refractivity contribution in [2.24, 2.45) is 11.8 Å². The highest BCUT2D eigenvalue weighted by atomic mass is 16.1. The number of nitrogens with one attached hydrogen (secondary N) is 1. The van der Waals surface area contributed by atoms with Crippen LogP contribution in [0.4, 0.5) is 5.69 Å². The van der Waals surface area contributed by atoms with E-state index >= 15 is 0 Å². The van der Waals surface area contributed by atoms with Gasteiger partial charge in [-0.2, -0.15) is 5.26 Å². The summed E-state index contributed by atoms with van der Waals surface area (Å²) in [5.74, 6) is -0.346. The highest BCUT2D eigenvalue weighted by Gasteiger charge is 2.21. The number of amides is 1. The predicted octanol–water partition coefficient (Wildman–Crippen LogP) is 3.54. The first-order valence-electron chi connectivity index (χ1n) is 6.26. The molecule has 1 unspecified atom stereocenters. The van der Waals surface area contributed by atoms with Gasteiger partial charge in [-0.25, -0.2) is 0 Å². The van der Waals surface area contributed by atoms with Gasteiger partial charge in [0.1, 0.15) is 5.92 Å². The maximum atomic E-state index is 11.9. The Labute approximate surface area is 109 Å². The minimum Gasteiger partial charge on any atom is -0.325 e. The summed E-state index contributed by atoms with van der Waals surface area (Å²) in [6, 6.07) is 9.79. The van der Waals surface area contributed by atoms with E-state index in [1.54, 1.807) is 0 Å². The van der Waals surface area contributed by atoms with Crippen molar-refractivity contribution in [3.05, 3.63) is 29.8 Å². The van der Waals surface area contributed by atoms with Crippen LogP contribution in [0.5, 0.6) is 0 Å². The molecule has 1 atom stereocenters. The Hall–Kier alpha value is -1.82. The van der Waals surface area contributed by atoms with Crippen LogP contribution in [-0.4, -0.2) is 5.91 Å². The Bertz CT molecular complexity index is 441. The van der Waals surface area contributed by atoms with E-state index in [4.69, 9.17) is 5.26 Å². The zero-order valence-corrected chi connectivity index (χ0v) is 11.4. The van der Waals surface area contributed by atoms with Gasteiger partial charge in [0.2, 0.25) is 5.91 Å². The summed E-state index contributed by atoms with van der Waals surface area (Å²) >= 11 is 0. The molecule has 0 aliphatic carbocycles. The first kappa shape index (κ1) is 14.2. The maximum absolute atomic E-state index is 11.9. The Balaban J connectivity index is 2.74. The first-order chi connectivity index (χ1) is 8.45. The first-order valence-corrected chi connectivity index (χ1v) is 6.26. The van der Waals surface area contributed by atoms with Crippen molar-refractivity contribution in [3.63, 3.8) is 0 Å². The molecule has 0 aromatic heterocycles. The number of hydrogen-bond acceptors (Lipinski definition) is 2. The fourth-order valence-corrected chi connectivity index (χ4v) is 1.68. The third-order valence-electron chi connectivity index (χ3n) is 2.93. The average molecular weight is 244 g/mol. The van der Waals surface area contributed by atoms with Crippen LogP contribution in [-0.2, 0) is 4.79 Å². The number of benzene rings is 1. The summed E-state index contributed by atoms with van der Waals surface area (Å²) < 4.78 is 0. The Kier molecular flexibility index (Phi) is 4.91. The van der Waals surface area contributed by atoms with Gasteiger partial charge in [0.25, 0.3) is 0 Å². The molecule has 96 valence electrons. The van der Waals surface area contributed by atoms with E-state index < -0.39 is 5.92 Å². The zero-order valence-electron chi connectivity index (χ0n) is 11.4. The zero-order chi connectivity index (χ0) is 13.7. The second-order valence-corrected chi connectivity index (χ2v) is 5.12. The van der Waals surface area contributed by atoms with Gasteiger partial charge >= 0.3 is 0 Å². The molecule has 0 aliphatic heterocycles. The lowest BCUT2D eigenvalue weighted by Crippen LogP contribution is -2.25. The van der Waals surface area contributed by atoms with Crippen molar-refractivity contribution in [3.8, 4) is 6.07 Å². The molecule has 3 nitrogen and oxygen atoms in total. The van der Waals surface area contributed by atoms with Gasteiger partial charge in [0, 0.05) is 5.69 Å². The monoisotopic (exact) mass is 244 g/mol. The third kappa shape index (κ3) is 3.59. The van der Waals surface area contributed by atoms with Gasteiger partial charge in [-0.3, -0.25) is 4.79 Å². The standard InChI is InChI=1S/C15H20N2O/c1-10(2)12-5-7-13(8-6-12)17-15(18)14(9-16)11(3)4/h5-8,10-11,14H,1-4H3,(H,17,18). The highest BCUT2D eigenvalue weighted by Crippen LogP contribution is 2.18. The van der Waals surface area contributed by atoms with Crippen molar-refractivity contribution in [1.82, 2.24) is 0 Å². The summed E-state index contributed by atoms with van der Waals surface area (Å²) in [7, 11) is 0. The van der Waals surface area contributed by atoms with Gasteiger partial charge in [0.15, 0.2) is 0 Å². The van der Waals surface area contributed by atoms with Crippen molar-refractivity contribution in [2.45, 2.75) is 33.6 Å². The van der Waals surface area contributed by atoms with E-state index in [9.17, 15) is 4.79 Å².